The second-order valence-corrected chi connectivity index (χ2v) is 7.67. The van der Waals surface area contributed by atoms with Crippen LogP contribution in [0.4, 0.5) is 0 Å². The number of pyridine rings is 1. The molecular weight excluding hydrogens is 414 g/mol. The Kier molecular flexibility index (Phi) is 5.26. The highest BCUT2D eigenvalue weighted by Crippen LogP contribution is 2.20. The SMILES string of the molecule is Cc1nc2ccc(Br)cn2c1C(=O)N(Cc1ccccc1)Cc1ccccc1. The van der Waals surface area contributed by atoms with Gasteiger partial charge in [0.25, 0.3) is 5.91 Å². The lowest BCUT2D eigenvalue weighted by atomic mass is 10.1. The first-order chi connectivity index (χ1) is 13.6. The first-order valence-electron chi connectivity index (χ1n) is 9.13. The van der Waals surface area contributed by atoms with Gasteiger partial charge in [0.05, 0.1) is 5.69 Å². The van der Waals surface area contributed by atoms with E-state index >= 15 is 0 Å². The van der Waals surface area contributed by atoms with E-state index in [9.17, 15) is 4.79 Å². The topological polar surface area (TPSA) is 37.6 Å². The van der Waals surface area contributed by atoms with Gasteiger partial charge >= 0.3 is 0 Å². The smallest absolute Gasteiger partial charge is 0.273 e. The van der Waals surface area contributed by atoms with Crippen molar-refractivity contribution in [3.63, 3.8) is 0 Å². The third-order valence-electron chi connectivity index (χ3n) is 4.68. The minimum atomic E-state index is -0.0317. The number of halogens is 1. The summed E-state index contributed by atoms with van der Waals surface area (Å²) in [6.45, 7) is 2.96. The second kappa shape index (κ2) is 7.98. The van der Waals surface area contributed by atoms with Gasteiger partial charge in [-0.25, -0.2) is 4.98 Å². The van der Waals surface area contributed by atoms with Crippen molar-refractivity contribution in [3.05, 3.63) is 106 Å². The lowest BCUT2D eigenvalue weighted by Gasteiger charge is -2.23. The van der Waals surface area contributed by atoms with Crippen LogP contribution in [0.25, 0.3) is 5.65 Å². The zero-order chi connectivity index (χ0) is 19.5. The Morgan fingerprint density at radius 3 is 2.07 bits per heavy atom. The minimum Gasteiger partial charge on any atom is -0.329 e. The summed E-state index contributed by atoms with van der Waals surface area (Å²) >= 11 is 3.50. The second-order valence-electron chi connectivity index (χ2n) is 6.75. The van der Waals surface area contributed by atoms with Crippen molar-refractivity contribution >= 4 is 27.5 Å². The van der Waals surface area contributed by atoms with Gasteiger partial charge < -0.3 is 4.90 Å². The number of rotatable bonds is 5. The fraction of sp³-hybridized carbons (Fsp3) is 0.130. The molecule has 0 atom stereocenters. The molecule has 4 aromatic rings. The van der Waals surface area contributed by atoms with Gasteiger partial charge in [-0.05, 0) is 46.1 Å². The summed E-state index contributed by atoms with van der Waals surface area (Å²) in [5.74, 6) is -0.0317. The zero-order valence-electron chi connectivity index (χ0n) is 15.5. The maximum absolute atomic E-state index is 13.6. The molecule has 0 radical (unpaired) electrons. The van der Waals surface area contributed by atoms with Crippen LogP contribution in [-0.2, 0) is 13.1 Å². The molecular formula is C23H20BrN3O. The van der Waals surface area contributed by atoms with E-state index in [1.165, 1.54) is 0 Å². The molecule has 0 bridgehead atoms. The molecule has 5 heteroatoms. The molecule has 140 valence electrons. The van der Waals surface area contributed by atoms with Crippen molar-refractivity contribution < 1.29 is 4.79 Å². The van der Waals surface area contributed by atoms with E-state index in [-0.39, 0.29) is 5.91 Å². The number of imidazole rings is 1. The standard InChI is InChI=1S/C23H20BrN3O/c1-17-22(27-16-20(24)12-13-21(27)25-17)23(28)26(14-18-8-4-2-5-9-18)15-19-10-6-3-7-11-19/h2-13,16H,14-15H2,1H3. The highest BCUT2D eigenvalue weighted by molar-refractivity contribution is 9.10. The number of carbonyl (C=O) groups excluding carboxylic acids is 1. The van der Waals surface area contributed by atoms with E-state index in [2.05, 4.69) is 20.9 Å². The van der Waals surface area contributed by atoms with Crippen LogP contribution in [0.1, 0.15) is 27.3 Å². The number of hydrogen-bond acceptors (Lipinski definition) is 2. The van der Waals surface area contributed by atoms with Crippen LogP contribution in [0.15, 0.2) is 83.5 Å². The summed E-state index contributed by atoms with van der Waals surface area (Å²) in [4.78, 5) is 20.1. The molecule has 0 saturated heterocycles. The fourth-order valence-corrected chi connectivity index (χ4v) is 3.69. The third kappa shape index (κ3) is 3.85. The van der Waals surface area contributed by atoms with Crippen LogP contribution in [0.5, 0.6) is 0 Å². The lowest BCUT2D eigenvalue weighted by molar-refractivity contribution is 0.0722. The lowest BCUT2D eigenvalue weighted by Crippen LogP contribution is -2.31. The number of carbonyl (C=O) groups is 1. The Morgan fingerprint density at radius 2 is 1.50 bits per heavy atom. The number of fused-ring (bicyclic) bond motifs is 1. The summed E-state index contributed by atoms with van der Waals surface area (Å²) in [6, 6.07) is 24.0. The van der Waals surface area contributed by atoms with Crippen LogP contribution < -0.4 is 0 Å². The van der Waals surface area contributed by atoms with Crippen molar-refractivity contribution in [2.75, 3.05) is 0 Å². The number of nitrogens with zero attached hydrogens (tertiary/aromatic N) is 3. The highest BCUT2D eigenvalue weighted by Gasteiger charge is 2.23. The van der Waals surface area contributed by atoms with Gasteiger partial charge in [-0.2, -0.15) is 0 Å². The molecule has 2 aromatic carbocycles. The molecule has 4 nitrogen and oxygen atoms in total. The Labute approximate surface area is 172 Å². The predicted octanol–water partition coefficient (Wildman–Crippen LogP) is 5.25. The van der Waals surface area contributed by atoms with E-state index in [4.69, 9.17) is 0 Å². The van der Waals surface area contributed by atoms with Crippen molar-refractivity contribution in [1.82, 2.24) is 14.3 Å². The summed E-state index contributed by atoms with van der Waals surface area (Å²) in [5.41, 5.74) is 4.29. The summed E-state index contributed by atoms with van der Waals surface area (Å²) in [7, 11) is 0. The zero-order valence-corrected chi connectivity index (χ0v) is 17.1. The molecule has 28 heavy (non-hydrogen) atoms. The number of benzene rings is 2. The van der Waals surface area contributed by atoms with Crippen LogP contribution in [0, 0.1) is 6.92 Å². The van der Waals surface area contributed by atoms with Gasteiger partial charge in [0, 0.05) is 23.8 Å². The molecule has 2 heterocycles. The van der Waals surface area contributed by atoms with Crippen molar-refractivity contribution in [1.29, 1.82) is 0 Å². The summed E-state index contributed by atoms with van der Waals surface area (Å²) in [6.07, 6.45) is 1.89. The molecule has 1 amide bonds. The number of hydrogen-bond donors (Lipinski definition) is 0. The molecule has 0 aliphatic rings. The molecule has 0 saturated carbocycles. The monoisotopic (exact) mass is 433 g/mol. The summed E-state index contributed by atoms with van der Waals surface area (Å²) in [5, 5.41) is 0. The first kappa shape index (κ1) is 18.4. The number of aryl methyl sites for hydroxylation is 1. The van der Waals surface area contributed by atoms with Gasteiger partial charge in [0.15, 0.2) is 0 Å². The molecule has 0 N–H and O–H groups in total. The maximum atomic E-state index is 13.6. The van der Waals surface area contributed by atoms with Crippen molar-refractivity contribution in [2.24, 2.45) is 0 Å². The highest BCUT2D eigenvalue weighted by atomic mass is 79.9. The van der Waals surface area contributed by atoms with Gasteiger partial charge in [-0.3, -0.25) is 9.20 Å². The third-order valence-corrected chi connectivity index (χ3v) is 5.15. The summed E-state index contributed by atoms with van der Waals surface area (Å²) < 4.78 is 2.77. The Balaban J connectivity index is 1.74. The van der Waals surface area contributed by atoms with E-state index in [0.29, 0.717) is 18.8 Å². The van der Waals surface area contributed by atoms with Crippen LogP contribution in [0.3, 0.4) is 0 Å². The maximum Gasteiger partial charge on any atom is 0.273 e. The minimum absolute atomic E-state index is 0.0317. The molecule has 0 aliphatic carbocycles. The average Bonchev–Trinajstić information content (AvgIpc) is 3.03. The largest absolute Gasteiger partial charge is 0.329 e. The fourth-order valence-electron chi connectivity index (χ4n) is 3.35. The van der Waals surface area contributed by atoms with Crippen molar-refractivity contribution in [3.8, 4) is 0 Å². The van der Waals surface area contributed by atoms with Crippen LogP contribution in [0.2, 0.25) is 0 Å². The molecule has 2 aromatic heterocycles. The molecule has 0 spiro atoms. The Bertz CT molecular complexity index is 1070. The van der Waals surface area contributed by atoms with E-state index in [0.717, 1.165) is 26.9 Å². The van der Waals surface area contributed by atoms with Crippen molar-refractivity contribution in [2.45, 2.75) is 20.0 Å². The van der Waals surface area contributed by atoms with Gasteiger partial charge in [0.1, 0.15) is 11.3 Å². The van der Waals surface area contributed by atoms with Gasteiger partial charge in [-0.1, -0.05) is 60.7 Å². The molecule has 0 aliphatic heterocycles. The quantitative estimate of drug-likeness (QED) is 0.431. The first-order valence-corrected chi connectivity index (χ1v) is 9.92. The molecule has 4 rings (SSSR count). The van der Waals surface area contributed by atoms with Crippen LogP contribution >= 0.6 is 15.9 Å². The molecule has 0 fully saturated rings. The van der Waals surface area contributed by atoms with E-state index < -0.39 is 0 Å². The Hall–Kier alpha value is -2.92. The van der Waals surface area contributed by atoms with Gasteiger partial charge in [-0.15, -0.1) is 0 Å². The number of amides is 1. The van der Waals surface area contributed by atoms with Gasteiger partial charge in [0.2, 0.25) is 0 Å². The number of aromatic nitrogens is 2. The van der Waals surface area contributed by atoms with E-state index in [1.807, 2.05) is 95.2 Å². The average molecular weight is 434 g/mol. The normalized spacial score (nSPS) is 10.9. The Morgan fingerprint density at radius 1 is 0.929 bits per heavy atom. The van der Waals surface area contributed by atoms with Crippen LogP contribution in [-0.4, -0.2) is 20.2 Å². The van der Waals surface area contributed by atoms with E-state index in [1.54, 1.807) is 0 Å². The predicted molar refractivity (Wildman–Crippen MR) is 114 cm³/mol. The molecule has 0 unspecified atom stereocenters.